The topological polar surface area (TPSA) is 72.9 Å². The molecule has 24 heavy (non-hydrogen) atoms. The van der Waals surface area contributed by atoms with Gasteiger partial charge in [0.2, 0.25) is 5.91 Å². The minimum absolute atomic E-state index is 0. The number of nitrogens with two attached hydrogens (primary N) is 1. The number of aryl methyl sites for hydroxylation is 1. The quantitative estimate of drug-likeness (QED) is 0.847. The lowest BCUT2D eigenvalue weighted by molar-refractivity contribution is -0.122. The van der Waals surface area contributed by atoms with E-state index in [1.165, 1.54) is 0 Å². The summed E-state index contributed by atoms with van der Waals surface area (Å²) in [5, 5.41) is 3.02. The largest absolute Gasteiger partial charge is 0.354 e. The Morgan fingerprint density at radius 1 is 1.33 bits per heavy atom. The number of benzene rings is 1. The standard InChI is InChI=1S/C17H24N4O.2ClH/c1-12-20-15-7-2-3-8-16(15)21(12)10-9-19-17(22)11-13-5-4-6-14(13)18;;/h2-3,7-8,13-14H,4-6,9-11,18H2,1H3,(H,19,22);2*1H/t13-,14+;;/m0../s1. The summed E-state index contributed by atoms with van der Waals surface area (Å²) in [7, 11) is 0. The summed E-state index contributed by atoms with van der Waals surface area (Å²) in [6, 6.07) is 8.28. The lowest BCUT2D eigenvalue weighted by Gasteiger charge is -2.15. The van der Waals surface area contributed by atoms with Gasteiger partial charge in [-0.15, -0.1) is 24.8 Å². The monoisotopic (exact) mass is 372 g/mol. The molecular weight excluding hydrogens is 347 g/mol. The summed E-state index contributed by atoms with van der Waals surface area (Å²) in [5.41, 5.74) is 8.14. The van der Waals surface area contributed by atoms with Gasteiger partial charge in [0.15, 0.2) is 0 Å². The molecule has 0 radical (unpaired) electrons. The maximum Gasteiger partial charge on any atom is 0.220 e. The van der Waals surface area contributed by atoms with Crippen LogP contribution >= 0.6 is 24.8 Å². The van der Waals surface area contributed by atoms with Crippen LogP contribution in [0.4, 0.5) is 0 Å². The van der Waals surface area contributed by atoms with Crippen LogP contribution in [0.2, 0.25) is 0 Å². The number of aromatic nitrogens is 2. The third kappa shape index (κ3) is 4.62. The fraction of sp³-hybridized carbons (Fsp3) is 0.529. The first-order chi connectivity index (χ1) is 10.6. The summed E-state index contributed by atoms with van der Waals surface area (Å²) < 4.78 is 2.15. The van der Waals surface area contributed by atoms with Gasteiger partial charge in [-0.25, -0.2) is 4.98 Å². The summed E-state index contributed by atoms with van der Waals surface area (Å²) >= 11 is 0. The minimum Gasteiger partial charge on any atom is -0.354 e. The summed E-state index contributed by atoms with van der Waals surface area (Å²) in [6.45, 7) is 3.37. The Labute approximate surface area is 155 Å². The van der Waals surface area contributed by atoms with Crippen LogP contribution in [0.15, 0.2) is 24.3 Å². The number of carbonyl (C=O) groups excluding carboxylic acids is 1. The van der Waals surface area contributed by atoms with E-state index in [0.29, 0.717) is 18.9 Å². The second-order valence-corrected chi connectivity index (χ2v) is 6.21. The van der Waals surface area contributed by atoms with Crippen LogP contribution in [-0.4, -0.2) is 28.0 Å². The third-order valence-electron chi connectivity index (χ3n) is 4.67. The van der Waals surface area contributed by atoms with E-state index in [1.54, 1.807) is 0 Å². The average molecular weight is 373 g/mol. The van der Waals surface area contributed by atoms with Crippen molar-refractivity contribution in [1.29, 1.82) is 0 Å². The molecule has 1 saturated carbocycles. The molecule has 0 unspecified atom stereocenters. The molecule has 1 aliphatic rings. The molecule has 5 nitrogen and oxygen atoms in total. The molecular formula is C17H26Cl2N4O. The average Bonchev–Trinajstić information content (AvgIpc) is 3.03. The third-order valence-corrected chi connectivity index (χ3v) is 4.67. The van der Waals surface area contributed by atoms with Gasteiger partial charge in [-0.05, 0) is 37.8 Å². The molecule has 1 aromatic carbocycles. The van der Waals surface area contributed by atoms with Gasteiger partial charge in [-0.1, -0.05) is 18.6 Å². The summed E-state index contributed by atoms with van der Waals surface area (Å²) in [5.74, 6) is 1.45. The molecule has 1 heterocycles. The number of nitrogens with zero attached hydrogens (tertiary/aromatic N) is 2. The van der Waals surface area contributed by atoms with E-state index in [0.717, 1.165) is 42.7 Å². The van der Waals surface area contributed by atoms with Crippen LogP contribution in [0.25, 0.3) is 11.0 Å². The minimum atomic E-state index is 0. The number of imidazole rings is 1. The molecule has 0 saturated heterocycles. The molecule has 3 N–H and O–H groups in total. The zero-order chi connectivity index (χ0) is 15.5. The van der Waals surface area contributed by atoms with E-state index in [2.05, 4.69) is 20.9 Å². The second-order valence-electron chi connectivity index (χ2n) is 6.21. The number of amides is 1. The van der Waals surface area contributed by atoms with Gasteiger partial charge in [0.1, 0.15) is 5.82 Å². The summed E-state index contributed by atoms with van der Waals surface area (Å²) in [6.07, 6.45) is 3.85. The number of hydrogen-bond acceptors (Lipinski definition) is 3. The Bertz CT molecular complexity index is 674. The van der Waals surface area contributed by atoms with Crippen LogP contribution in [0, 0.1) is 12.8 Å². The fourth-order valence-electron chi connectivity index (χ4n) is 3.41. The smallest absolute Gasteiger partial charge is 0.220 e. The molecule has 2 atom stereocenters. The molecule has 134 valence electrons. The Morgan fingerprint density at radius 3 is 2.79 bits per heavy atom. The van der Waals surface area contributed by atoms with Crippen molar-refractivity contribution in [3.8, 4) is 0 Å². The van der Waals surface area contributed by atoms with Gasteiger partial charge in [0.05, 0.1) is 11.0 Å². The first kappa shape index (κ1) is 20.7. The van der Waals surface area contributed by atoms with Gasteiger partial charge < -0.3 is 15.6 Å². The molecule has 2 aromatic rings. The van der Waals surface area contributed by atoms with Crippen LogP contribution in [0.1, 0.15) is 31.5 Å². The maximum absolute atomic E-state index is 12.0. The highest BCUT2D eigenvalue weighted by Gasteiger charge is 2.25. The Kier molecular flexibility index (Phi) is 8.00. The van der Waals surface area contributed by atoms with Crippen LogP contribution in [-0.2, 0) is 11.3 Å². The van der Waals surface area contributed by atoms with E-state index in [9.17, 15) is 4.79 Å². The molecule has 0 spiro atoms. The zero-order valence-electron chi connectivity index (χ0n) is 13.9. The van der Waals surface area contributed by atoms with E-state index in [4.69, 9.17) is 5.73 Å². The highest BCUT2D eigenvalue weighted by atomic mass is 35.5. The highest BCUT2D eigenvalue weighted by molar-refractivity contribution is 5.85. The van der Waals surface area contributed by atoms with Crippen molar-refractivity contribution < 1.29 is 4.79 Å². The highest BCUT2D eigenvalue weighted by Crippen LogP contribution is 2.26. The normalized spacial score (nSPS) is 19.6. The van der Waals surface area contributed by atoms with Crippen molar-refractivity contribution >= 4 is 41.8 Å². The van der Waals surface area contributed by atoms with Crippen LogP contribution in [0.3, 0.4) is 0 Å². The number of halogens is 2. The predicted octanol–water partition coefficient (Wildman–Crippen LogP) is 2.82. The molecule has 0 bridgehead atoms. The van der Waals surface area contributed by atoms with Crippen molar-refractivity contribution in [3.63, 3.8) is 0 Å². The lowest BCUT2D eigenvalue weighted by atomic mass is 10.00. The fourth-order valence-corrected chi connectivity index (χ4v) is 3.41. The maximum atomic E-state index is 12.0. The van der Waals surface area contributed by atoms with Crippen molar-refractivity contribution in [2.75, 3.05) is 6.54 Å². The van der Waals surface area contributed by atoms with Gasteiger partial charge in [-0.2, -0.15) is 0 Å². The SMILES string of the molecule is Cc1nc2ccccc2n1CCNC(=O)C[C@@H]1CCC[C@H]1N.Cl.Cl. The zero-order valence-corrected chi connectivity index (χ0v) is 15.5. The molecule has 1 amide bonds. The van der Waals surface area contributed by atoms with Gasteiger partial charge >= 0.3 is 0 Å². The number of hydrogen-bond donors (Lipinski definition) is 2. The molecule has 7 heteroatoms. The van der Waals surface area contributed by atoms with Crippen molar-refractivity contribution in [2.45, 2.75) is 45.2 Å². The first-order valence-corrected chi connectivity index (χ1v) is 8.09. The number of rotatable bonds is 5. The second kappa shape index (κ2) is 9.25. The van der Waals surface area contributed by atoms with Gasteiger partial charge in [0.25, 0.3) is 0 Å². The van der Waals surface area contributed by atoms with Crippen molar-refractivity contribution in [1.82, 2.24) is 14.9 Å². The first-order valence-electron chi connectivity index (χ1n) is 8.09. The molecule has 3 rings (SSSR count). The van der Waals surface area contributed by atoms with E-state index < -0.39 is 0 Å². The Hall–Kier alpha value is -1.30. The molecule has 1 aliphatic carbocycles. The molecule has 1 aromatic heterocycles. The molecule has 1 fully saturated rings. The van der Waals surface area contributed by atoms with E-state index in [-0.39, 0.29) is 36.8 Å². The Morgan fingerprint density at radius 2 is 2.08 bits per heavy atom. The number of fused-ring (bicyclic) bond motifs is 1. The summed E-state index contributed by atoms with van der Waals surface area (Å²) in [4.78, 5) is 16.6. The number of para-hydroxylation sites is 2. The number of carbonyl (C=O) groups is 1. The van der Waals surface area contributed by atoms with E-state index >= 15 is 0 Å². The van der Waals surface area contributed by atoms with Crippen molar-refractivity contribution in [2.24, 2.45) is 11.7 Å². The van der Waals surface area contributed by atoms with Crippen LogP contribution in [0.5, 0.6) is 0 Å². The lowest BCUT2D eigenvalue weighted by Crippen LogP contribution is -2.33. The van der Waals surface area contributed by atoms with Crippen LogP contribution < -0.4 is 11.1 Å². The van der Waals surface area contributed by atoms with Gasteiger partial charge in [-0.3, -0.25) is 4.79 Å². The van der Waals surface area contributed by atoms with Crippen molar-refractivity contribution in [3.05, 3.63) is 30.1 Å². The van der Waals surface area contributed by atoms with E-state index in [1.807, 2.05) is 25.1 Å². The molecule has 0 aliphatic heterocycles. The van der Waals surface area contributed by atoms with Gasteiger partial charge in [0, 0.05) is 25.6 Å². The Balaban J connectivity index is 0.00000144. The predicted molar refractivity (Wildman–Crippen MR) is 102 cm³/mol. The number of nitrogens with one attached hydrogen (secondary N) is 1.